The summed E-state index contributed by atoms with van der Waals surface area (Å²) >= 11 is 6.17. The fourth-order valence-corrected chi connectivity index (χ4v) is 2.16. The largest absolute Gasteiger partial charge is 0.350 e. The van der Waals surface area contributed by atoms with Gasteiger partial charge in [0.25, 0.3) is 0 Å². The van der Waals surface area contributed by atoms with Crippen molar-refractivity contribution in [3.63, 3.8) is 0 Å². The molecule has 0 unspecified atom stereocenters. The smallest absolute Gasteiger partial charge is 0.239 e. The SMILES string of the molecule is CN=C(NCC(=O)NC(C)(C)C)N(C)Cc1ccccc1Cl.I. The highest BCUT2D eigenvalue weighted by molar-refractivity contribution is 14.0. The minimum absolute atomic E-state index is 0. The van der Waals surface area contributed by atoms with Crippen LogP contribution in [0.2, 0.25) is 5.02 Å². The Morgan fingerprint density at radius 2 is 1.91 bits per heavy atom. The summed E-state index contributed by atoms with van der Waals surface area (Å²) in [5, 5.41) is 6.67. The number of nitrogens with one attached hydrogen (secondary N) is 2. The zero-order chi connectivity index (χ0) is 16.8. The van der Waals surface area contributed by atoms with Gasteiger partial charge < -0.3 is 15.5 Å². The molecular weight excluding hydrogens is 427 g/mol. The molecule has 7 heteroatoms. The third-order valence-corrected chi connectivity index (χ3v) is 3.23. The minimum Gasteiger partial charge on any atom is -0.350 e. The molecule has 0 aliphatic heterocycles. The lowest BCUT2D eigenvalue weighted by Gasteiger charge is -2.24. The van der Waals surface area contributed by atoms with E-state index in [0.29, 0.717) is 12.5 Å². The topological polar surface area (TPSA) is 56.7 Å². The number of nitrogens with zero attached hydrogens (tertiary/aromatic N) is 2. The van der Waals surface area contributed by atoms with E-state index < -0.39 is 0 Å². The van der Waals surface area contributed by atoms with Gasteiger partial charge in [-0.05, 0) is 32.4 Å². The lowest BCUT2D eigenvalue weighted by Crippen LogP contribution is -2.48. The maximum absolute atomic E-state index is 11.8. The Bertz CT molecular complexity index is 543. The number of carbonyl (C=O) groups excluding carboxylic acids is 1. The third kappa shape index (κ3) is 8.41. The Morgan fingerprint density at radius 1 is 1.30 bits per heavy atom. The Hall–Kier alpha value is -1.02. The first-order valence-electron chi connectivity index (χ1n) is 7.19. The second-order valence-corrected chi connectivity index (χ2v) is 6.55. The number of rotatable bonds is 4. The van der Waals surface area contributed by atoms with E-state index in [9.17, 15) is 4.79 Å². The first kappa shape index (κ1) is 22.0. The molecule has 23 heavy (non-hydrogen) atoms. The standard InChI is InChI=1S/C16H25ClN4O.HI/c1-16(2,3)20-14(22)10-19-15(18-4)21(5)11-12-8-6-7-9-13(12)17;/h6-9H,10-11H2,1-5H3,(H,18,19)(H,20,22);1H. The van der Waals surface area contributed by atoms with Crippen LogP contribution in [0.5, 0.6) is 0 Å². The molecule has 0 atom stereocenters. The molecule has 0 spiro atoms. The summed E-state index contributed by atoms with van der Waals surface area (Å²) in [6, 6.07) is 7.67. The number of guanidine groups is 1. The van der Waals surface area contributed by atoms with Gasteiger partial charge >= 0.3 is 0 Å². The van der Waals surface area contributed by atoms with Crippen LogP contribution in [-0.4, -0.2) is 42.9 Å². The van der Waals surface area contributed by atoms with Crippen LogP contribution < -0.4 is 10.6 Å². The summed E-state index contributed by atoms with van der Waals surface area (Å²) < 4.78 is 0. The van der Waals surface area contributed by atoms with E-state index in [1.807, 2.05) is 57.0 Å². The average Bonchev–Trinajstić information content (AvgIpc) is 2.40. The second-order valence-electron chi connectivity index (χ2n) is 6.15. The van der Waals surface area contributed by atoms with Gasteiger partial charge in [-0.2, -0.15) is 0 Å². The first-order valence-corrected chi connectivity index (χ1v) is 7.57. The maximum atomic E-state index is 11.8. The molecule has 0 bridgehead atoms. The van der Waals surface area contributed by atoms with E-state index in [1.54, 1.807) is 7.05 Å². The zero-order valence-electron chi connectivity index (χ0n) is 14.3. The molecule has 1 aromatic carbocycles. The normalized spacial score (nSPS) is 11.5. The molecule has 0 heterocycles. The van der Waals surface area contributed by atoms with Crippen molar-refractivity contribution in [2.75, 3.05) is 20.6 Å². The predicted molar refractivity (Wildman–Crippen MR) is 108 cm³/mol. The number of benzene rings is 1. The summed E-state index contributed by atoms with van der Waals surface area (Å²) in [6.45, 7) is 6.63. The summed E-state index contributed by atoms with van der Waals surface area (Å²) in [5.41, 5.74) is 0.764. The van der Waals surface area contributed by atoms with Crippen molar-refractivity contribution >= 4 is 47.4 Å². The van der Waals surface area contributed by atoms with Gasteiger partial charge in [0.15, 0.2) is 5.96 Å². The van der Waals surface area contributed by atoms with Crippen molar-refractivity contribution in [2.45, 2.75) is 32.9 Å². The average molecular weight is 453 g/mol. The highest BCUT2D eigenvalue weighted by Gasteiger charge is 2.15. The minimum atomic E-state index is -0.244. The van der Waals surface area contributed by atoms with Crippen molar-refractivity contribution in [2.24, 2.45) is 4.99 Å². The summed E-state index contributed by atoms with van der Waals surface area (Å²) in [4.78, 5) is 18.0. The van der Waals surface area contributed by atoms with E-state index in [4.69, 9.17) is 11.6 Å². The van der Waals surface area contributed by atoms with Crippen LogP contribution in [0.25, 0.3) is 0 Å². The monoisotopic (exact) mass is 452 g/mol. The van der Waals surface area contributed by atoms with Crippen LogP contribution in [0.1, 0.15) is 26.3 Å². The fourth-order valence-electron chi connectivity index (χ4n) is 1.96. The molecule has 2 N–H and O–H groups in total. The molecule has 0 fully saturated rings. The van der Waals surface area contributed by atoms with Gasteiger partial charge in [-0.25, -0.2) is 0 Å². The molecule has 0 aromatic heterocycles. The van der Waals surface area contributed by atoms with E-state index >= 15 is 0 Å². The van der Waals surface area contributed by atoms with Crippen molar-refractivity contribution in [3.05, 3.63) is 34.9 Å². The van der Waals surface area contributed by atoms with Crippen molar-refractivity contribution in [3.8, 4) is 0 Å². The summed E-state index contributed by atoms with van der Waals surface area (Å²) in [6.07, 6.45) is 0. The lowest BCUT2D eigenvalue weighted by atomic mass is 10.1. The van der Waals surface area contributed by atoms with Gasteiger partial charge in [-0.3, -0.25) is 9.79 Å². The molecule has 130 valence electrons. The first-order chi connectivity index (χ1) is 10.2. The molecule has 0 radical (unpaired) electrons. The van der Waals surface area contributed by atoms with E-state index in [0.717, 1.165) is 10.6 Å². The number of hydrogen-bond donors (Lipinski definition) is 2. The van der Waals surface area contributed by atoms with Crippen LogP contribution in [-0.2, 0) is 11.3 Å². The van der Waals surface area contributed by atoms with Gasteiger partial charge in [-0.1, -0.05) is 29.8 Å². The number of aliphatic imine (C=N–C) groups is 1. The number of amides is 1. The zero-order valence-corrected chi connectivity index (χ0v) is 17.4. The highest BCUT2D eigenvalue weighted by Crippen LogP contribution is 2.16. The predicted octanol–water partition coefficient (Wildman–Crippen LogP) is 2.88. The Morgan fingerprint density at radius 3 is 2.43 bits per heavy atom. The Balaban J connectivity index is 0.00000484. The molecule has 0 aliphatic rings. The van der Waals surface area contributed by atoms with Crippen LogP contribution in [0, 0.1) is 0 Å². The Kier molecular flexibility index (Phi) is 9.53. The van der Waals surface area contributed by atoms with Gasteiger partial charge in [0.1, 0.15) is 0 Å². The molecule has 1 rings (SSSR count). The molecule has 0 saturated carbocycles. The van der Waals surface area contributed by atoms with Gasteiger partial charge in [-0.15, -0.1) is 24.0 Å². The number of halogens is 2. The fraction of sp³-hybridized carbons (Fsp3) is 0.500. The Labute approximate surface area is 160 Å². The molecule has 0 saturated heterocycles. The van der Waals surface area contributed by atoms with Gasteiger partial charge in [0.05, 0.1) is 6.54 Å². The van der Waals surface area contributed by atoms with Crippen molar-refractivity contribution in [1.82, 2.24) is 15.5 Å². The summed E-state index contributed by atoms with van der Waals surface area (Å²) in [7, 11) is 3.59. The van der Waals surface area contributed by atoms with Crippen molar-refractivity contribution < 1.29 is 4.79 Å². The van der Waals surface area contributed by atoms with Gasteiger partial charge in [0.2, 0.25) is 5.91 Å². The van der Waals surface area contributed by atoms with E-state index in [2.05, 4.69) is 15.6 Å². The maximum Gasteiger partial charge on any atom is 0.239 e. The number of carbonyl (C=O) groups is 1. The molecular formula is C16H26ClIN4O. The summed E-state index contributed by atoms with van der Waals surface area (Å²) in [5.74, 6) is 0.573. The van der Waals surface area contributed by atoms with E-state index in [1.165, 1.54) is 0 Å². The highest BCUT2D eigenvalue weighted by atomic mass is 127. The van der Waals surface area contributed by atoms with Crippen molar-refractivity contribution in [1.29, 1.82) is 0 Å². The van der Waals surface area contributed by atoms with Gasteiger partial charge in [0, 0.05) is 31.2 Å². The third-order valence-electron chi connectivity index (χ3n) is 2.86. The molecule has 1 aromatic rings. The molecule has 5 nitrogen and oxygen atoms in total. The van der Waals surface area contributed by atoms with Crippen LogP contribution in [0.4, 0.5) is 0 Å². The van der Waals surface area contributed by atoms with Crippen LogP contribution in [0.15, 0.2) is 29.3 Å². The number of hydrogen-bond acceptors (Lipinski definition) is 2. The molecule has 0 aliphatic carbocycles. The second kappa shape index (κ2) is 9.97. The molecule has 1 amide bonds. The lowest BCUT2D eigenvalue weighted by molar-refractivity contribution is -0.121. The van der Waals surface area contributed by atoms with Crippen LogP contribution in [0.3, 0.4) is 0 Å². The van der Waals surface area contributed by atoms with Crippen LogP contribution >= 0.6 is 35.6 Å². The van der Waals surface area contributed by atoms with E-state index in [-0.39, 0.29) is 42.0 Å². The quantitative estimate of drug-likeness (QED) is 0.420.